The van der Waals surface area contributed by atoms with E-state index in [4.69, 9.17) is 5.26 Å². The number of aliphatic hydroxyl groups is 1. The Morgan fingerprint density at radius 2 is 2.38 bits per heavy atom. The number of pyridine rings is 1. The number of aliphatic hydroxyl groups excluding tert-OH is 1. The van der Waals surface area contributed by atoms with Crippen LogP contribution in [0.3, 0.4) is 0 Å². The number of nitrogens with zero attached hydrogens (tertiary/aromatic N) is 3. The van der Waals surface area contributed by atoms with Crippen LogP contribution in [0, 0.1) is 11.3 Å². The van der Waals surface area contributed by atoms with Gasteiger partial charge in [0.2, 0.25) is 0 Å². The number of aromatic nitrogens is 1. The van der Waals surface area contributed by atoms with Crippen molar-refractivity contribution in [3.8, 4) is 6.07 Å². The summed E-state index contributed by atoms with van der Waals surface area (Å²) < 4.78 is 0. The van der Waals surface area contributed by atoms with Gasteiger partial charge in [0, 0.05) is 12.7 Å². The van der Waals surface area contributed by atoms with E-state index in [-0.39, 0.29) is 12.6 Å². The molecule has 1 fully saturated rings. The van der Waals surface area contributed by atoms with Gasteiger partial charge in [0.15, 0.2) is 0 Å². The van der Waals surface area contributed by atoms with Crippen LogP contribution < -0.4 is 4.90 Å². The van der Waals surface area contributed by atoms with Crippen LogP contribution in [-0.4, -0.2) is 29.3 Å². The summed E-state index contributed by atoms with van der Waals surface area (Å²) in [5.41, 5.74) is 0.571. The third kappa shape index (κ3) is 2.15. The third-order valence-corrected chi connectivity index (χ3v) is 3.01. The number of rotatable bonds is 2. The number of nitriles is 1. The van der Waals surface area contributed by atoms with Crippen molar-refractivity contribution in [1.82, 2.24) is 4.98 Å². The van der Waals surface area contributed by atoms with E-state index in [9.17, 15) is 5.11 Å². The second kappa shape index (κ2) is 4.95. The first-order valence-electron chi connectivity index (χ1n) is 5.59. The van der Waals surface area contributed by atoms with Crippen molar-refractivity contribution in [1.29, 1.82) is 5.26 Å². The topological polar surface area (TPSA) is 60.2 Å². The molecule has 0 spiro atoms. The molecule has 1 aliphatic rings. The molecular formula is C12H15N3O. The van der Waals surface area contributed by atoms with E-state index in [0.29, 0.717) is 5.56 Å². The summed E-state index contributed by atoms with van der Waals surface area (Å²) in [4.78, 5) is 6.39. The monoisotopic (exact) mass is 217 g/mol. The number of anilines is 1. The van der Waals surface area contributed by atoms with Gasteiger partial charge in [0.1, 0.15) is 11.9 Å². The number of hydrogen-bond acceptors (Lipinski definition) is 4. The van der Waals surface area contributed by atoms with E-state index in [2.05, 4.69) is 16.0 Å². The van der Waals surface area contributed by atoms with Gasteiger partial charge >= 0.3 is 0 Å². The largest absolute Gasteiger partial charge is 0.394 e. The average Bonchev–Trinajstić information content (AvgIpc) is 2.39. The lowest BCUT2D eigenvalue weighted by Crippen LogP contribution is -2.42. The van der Waals surface area contributed by atoms with Gasteiger partial charge in [0.25, 0.3) is 0 Å². The smallest absolute Gasteiger partial charge is 0.128 e. The molecule has 1 aromatic rings. The lowest BCUT2D eigenvalue weighted by molar-refractivity contribution is 0.239. The van der Waals surface area contributed by atoms with Crippen molar-refractivity contribution in [3.05, 3.63) is 23.9 Å². The summed E-state index contributed by atoms with van der Waals surface area (Å²) in [6.07, 6.45) is 4.90. The van der Waals surface area contributed by atoms with Gasteiger partial charge in [-0.05, 0) is 31.4 Å². The molecule has 1 atom stereocenters. The molecule has 4 nitrogen and oxygen atoms in total. The van der Waals surface area contributed by atoms with Gasteiger partial charge in [-0.2, -0.15) is 5.26 Å². The first-order chi connectivity index (χ1) is 7.85. The van der Waals surface area contributed by atoms with Crippen LogP contribution in [0.2, 0.25) is 0 Å². The molecule has 16 heavy (non-hydrogen) atoms. The SMILES string of the molecule is N#Cc1ccc(N2CCCCC2CO)nc1. The summed E-state index contributed by atoms with van der Waals surface area (Å²) in [5, 5.41) is 18.0. The molecule has 84 valence electrons. The maximum atomic E-state index is 9.30. The van der Waals surface area contributed by atoms with Crippen LogP contribution >= 0.6 is 0 Å². The molecule has 0 aliphatic carbocycles. The zero-order valence-corrected chi connectivity index (χ0v) is 9.13. The molecule has 2 rings (SSSR count). The van der Waals surface area contributed by atoms with Gasteiger partial charge in [-0.3, -0.25) is 0 Å². The Kier molecular flexibility index (Phi) is 3.37. The molecule has 1 N–H and O–H groups in total. The highest BCUT2D eigenvalue weighted by Crippen LogP contribution is 2.22. The molecule has 1 aliphatic heterocycles. The van der Waals surface area contributed by atoms with E-state index in [1.165, 1.54) is 0 Å². The maximum Gasteiger partial charge on any atom is 0.128 e. The molecule has 1 aromatic heterocycles. The lowest BCUT2D eigenvalue weighted by Gasteiger charge is -2.35. The second-order valence-corrected chi connectivity index (χ2v) is 4.04. The molecule has 2 heterocycles. The van der Waals surface area contributed by atoms with Crippen molar-refractivity contribution >= 4 is 5.82 Å². The zero-order chi connectivity index (χ0) is 11.4. The average molecular weight is 217 g/mol. The Labute approximate surface area is 95.1 Å². The molecule has 0 aromatic carbocycles. The zero-order valence-electron chi connectivity index (χ0n) is 9.13. The Bertz CT molecular complexity index is 382. The van der Waals surface area contributed by atoms with Crippen LogP contribution in [-0.2, 0) is 0 Å². The normalized spacial score (nSPS) is 20.5. The van der Waals surface area contributed by atoms with Crippen LogP contribution in [0.25, 0.3) is 0 Å². The molecule has 1 saturated heterocycles. The van der Waals surface area contributed by atoms with E-state index < -0.39 is 0 Å². The Hall–Kier alpha value is -1.60. The fourth-order valence-electron chi connectivity index (χ4n) is 2.11. The van der Waals surface area contributed by atoms with E-state index in [0.717, 1.165) is 31.6 Å². The molecule has 0 bridgehead atoms. The van der Waals surface area contributed by atoms with Crippen molar-refractivity contribution < 1.29 is 5.11 Å². The van der Waals surface area contributed by atoms with E-state index in [1.54, 1.807) is 12.3 Å². The number of hydrogen-bond donors (Lipinski definition) is 1. The van der Waals surface area contributed by atoms with Crippen LogP contribution in [0.4, 0.5) is 5.82 Å². The van der Waals surface area contributed by atoms with Gasteiger partial charge in [0.05, 0.1) is 18.2 Å². The number of piperidine rings is 1. The predicted molar refractivity (Wildman–Crippen MR) is 61.0 cm³/mol. The molecule has 0 radical (unpaired) electrons. The van der Waals surface area contributed by atoms with Gasteiger partial charge in [-0.1, -0.05) is 0 Å². The second-order valence-electron chi connectivity index (χ2n) is 4.04. The van der Waals surface area contributed by atoms with Crippen LogP contribution in [0.5, 0.6) is 0 Å². The van der Waals surface area contributed by atoms with E-state index >= 15 is 0 Å². The molecule has 0 amide bonds. The van der Waals surface area contributed by atoms with E-state index in [1.807, 2.05) is 6.07 Å². The minimum Gasteiger partial charge on any atom is -0.394 e. The highest BCUT2D eigenvalue weighted by Gasteiger charge is 2.22. The van der Waals surface area contributed by atoms with Crippen LogP contribution in [0.1, 0.15) is 24.8 Å². The van der Waals surface area contributed by atoms with Gasteiger partial charge in [-0.25, -0.2) is 4.98 Å². The van der Waals surface area contributed by atoms with Crippen LogP contribution in [0.15, 0.2) is 18.3 Å². The molecular weight excluding hydrogens is 202 g/mol. The lowest BCUT2D eigenvalue weighted by atomic mass is 10.0. The third-order valence-electron chi connectivity index (χ3n) is 3.01. The minimum absolute atomic E-state index is 0.168. The highest BCUT2D eigenvalue weighted by molar-refractivity contribution is 5.43. The highest BCUT2D eigenvalue weighted by atomic mass is 16.3. The minimum atomic E-state index is 0.168. The van der Waals surface area contributed by atoms with Crippen molar-refractivity contribution in [2.75, 3.05) is 18.1 Å². The van der Waals surface area contributed by atoms with Gasteiger partial charge < -0.3 is 10.0 Å². The van der Waals surface area contributed by atoms with Crippen molar-refractivity contribution in [2.45, 2.75) is 25.3 Å². The Morgan fingerprint density at radius 3 is 3.00 bits per heavy atom. The maximum absolute atomic E-state index is 9.30. The summed E-state index contributed by atoms with van der Waals surface area (Å²) in [6.45, 7) is 1.10. The quantitative estimate of drug-likeness (QED) is 0.811. The standard InChI is InChI=1S/C12H15N3O/c13-7-10-4-5-12(14-8-10)15-6-2-1-3-11(15)9-16/h4-5,8,11,16H,1-3,6,9H2. The summed E-state index contributed by atoms with van der Waals surface area (Å²) >= 11 is 0. The Morgan fingerprint density at radius 1 is 1.50 bits per heavy atom. The summed E-state index contributed by atoms with van der Waals surface area (Å²) in [6, 6.07) is 5.85. The predicted octanol–water partition coefficient (Wildman–Crippen LogP) is 1.30. The molecule has 1 unspecified atom stereocenters. The summed E-state index contributed by atoms with van der Waals surface area (Å²) in [5.74, 6) is 0.859. The van der Waals surface area contributed by atoms with Crippen molar-refractivity contribution in [2.24, 2.45) is 0 Å². The molecule has 0 saturated carbocycles. The molecule has 4 heteroatoms. The van der Waals surface area contributed by atoms with Crippen molar-refractivity contribution in [3.63, 3.8) is 0 Å². The first kappa shape index (κ1) is 10.9. The first-order valence-corrected chi connectivity index (χ1v) is 5.59. The fraction of sp³-hybridized carbons (Fsp3) is 0.500. The fourth-order valence-corrected chi connectivity index (χ4v) is 2.11. The van der Waals surface area contributed by atoms with Gasteiger partial charge in [-0.15, -0.1) is 0 Å². The summed E-state index contributed by atoms with van der Waals surface area (Å²) in [7, 11) is 0. The Balaban J connectivity index is 2.18.